The van der Waals surface area contributed by atoms with Crippen LogP contribution in [0.2, 0.25) is 0 Å². The zero-order chi connectivity index (χ0) is 14.7. The smallest absolute Gasteiger partial charge is 0.251 e. The first-order chi connectivity index (χ1) is 10.2. The first-order valence-corrected chi connectivity index (χ1v) is 7.60. The summed E-state index contributed by atoms with van der Waals surface area (Å²) >= 11 is 1.48. The molecule has 0 aromatic heterocycles. The molecule has 1 heterocycles. The molecule has 0 saturated carbocycles. The first-order valence-electron chi connectivity index (χ1n) is 6.61. The van der Waals surface area contributed by atoms with Gasteiger partial charge in [0.05, 0.1) is 11.4 Å². The van der Waals surface area contributed by atoms with Crippen LogP contribution in [0.4, 0.5) is 5.69 Å². The number of hydrogen-bond acceptors (Lipinski definition) is 3. The van der Waals surface area contributed by atoms with Crippen molar-refractivity contribution >= 4 is 29.3 Å². The van der Waals surface area contributed by atoms with E-state index in [1.54, 1.807) is 12.1 Å². The highest BCUT2D eigenvalue weighted by Gasteiger charge is 2.17. The number of thioether (sulfide) groups is 1. The Morgan fingerprint density at radius 3 is 2.81 bits per heavy atom. The van der Waals surface area contributed by atoms with Crippen LogP contribution in [0, 0.1) is 0 Å². The van der Waals surface area contributed by atoms with Crippen molar-refractivity contribution in [2.45, 2.75) is 11.4 Å². The van der Waals surface area contributed by atoms with Crippen LogP contribution in [0.1, 0.15) is 15.9 Å². The number of hydrogen-bond donors (Lipinski definition) is 2. The minimum Gasteiger partial charge on any atom is -0.348 e. The van der Waals surface area contributed by atoms with Crippen LogP contribution in [-0.2, 0) is 11.3 Å². The van der Waals surface area contributed by atoms with Crippen molar-refractivity contribution in [2.24, 2.45) is 0 Å². The Labute approximate surface area is 126 Å². The van der Waals surface area contributed by atoms with E-state index in [4.69, 9.17) is 0 Å². The second-order valence-electron chi connectivity index (χ2n) is 4.72. The molecule has 1 aliphatic rings. The molecule has 1 aliphatic heterocycles. The quantitative estimate of drug-likeness (QED) is 0.916. The fraction of sp³-hybridized carbons (Fsp3) is 0.125. The van der Waals surface area contributed by atoms with Gasteiger partial charge in [-0.3, -0.25) is 9.59 Å². The Kier molecular flexibility index (Phi) is 3.92. The number of carbonyl (C=O) groups excluding carboxylic acids is 2. The minimum absolute atomic E-state index is 0.0330. The van der Waals surface area contributed by atoms with Gasteiger partial charge in [0.25, 0.3) is 5.91 Å². The third-order valence-electron chi connectivity index (χ3n) is 3.17. The number of amides is 2. The van der Waals surface area contributed by atoms with E-state index in [0.717, 1.165) is 10.5 Å². The summed E-state index contributed by atoms with van der Waals surface area (Å²) in [5.74, 6) is 0.243. The zero-order valence-corrected chi connectivity index (χ0v) is 12.1. The standard InChI is InChI=1S/C16H14N2O2S/c19-15-10-21-14-7-6-12(8-13(14)18-15)16(20)17-9-11-4-2-1-3-5-11/h1-8H,9-10H2,(H,17,20)(H,18,19). The average Bonchev–Trinajstić information content (AvgIpc) is 2.53. The number of anilines is 1. The third kappa shape index (κ3) is 3.25. The fourth-order valence-corrected chi connectivity index (χ4v) is 2.89. The maximum atomic E-state index is 12.2. The molecule has 2 aromatic rings. The molecule has 0 radical (unpaired) electrons. The monoisotopic (exact) mass is 298 g/mol. The molecule has 2 amide bonds. The number of rotatable bonds is 3. The molecule has 0 aliphatic carbocycles. The maximum Gasteiger partial charge on any atom is 0.251 e. The fourth-order valence-electron chi connectivity index (χ4n) is 2.10. The Hall–Kier alpha value is -2.27. The second-order valence-corrected chi connectivity index (χ2v) is 5.73. The SMILES string of the molecule is O=C1CSc2ccc(C(=O)NCc3ccccc3)cc2N1. The molecule has 21 heavy (non-hydrogen) atoms. The summed E-state index contributed by atoms with van der Waals surface area (Å²) in [7, 11) is 0. The van der Waals surface area contributed by atoms with Gasteiger partial charge in [-0.1, -0.05) is 30.3 Å². The molecule has 5 heteroatoms. The third-order valence-corrected chi connectivity index (χ3v) is 4.24. The normalized spacial score (nSPS) is 13.2. The van der Waals surface area contributed by atoms with E-state index >= 15 is 0 Å². The lowest BCUT2D eigenvalue weighted by Crippen LogP contribution is -2.24. The minimum atomic E-state index is -0.147. The van der Waals surface area contributed by atoms with Gasteiger partial charge in [0.1, 0.15) is 0 Å². The van der Waals surface area contributed by atoms with Crippen molar-refractivity contribution in [2.75, 3.05) is 11.1 Å². The van der Waals surface area contributed by atoms with E-state index in [1.165, 1.54) is 11.8 Å². The summed E-state index contributed by atoms with van der Waals surface area (Å²) in [6.45, 7) is 0.484. The van der Waals surface area contributed by atoms with Gasteiger partial charge >= 0.3 is 0 Å². The molecule has 3 rings (SSSR count). The summed E-state index contributed by atoms with van der Waals surface area (Å²) in [4.78, 5) is 24.5. The highest BCUT2D eigenvalue weighted by atomic mass is 32.2. The van der Waals surface area contributed by atoms with E-state index in [1.807, 2.05) is 36.4 Å². The van der Waals surface area contributed by atoms with Gasteiger partial charge in [0.15, 0.2) is 0 Å². The largest absolute Gasteiger partial charge is 0.348 e. The Balaban J connectivity index is 1.70. The van der Waals surface area contributed by atoms with E-state index in [-0.39, 0.29) is 11.8 Å². The summed E-state index contributed by atoms with van der Waals surface area (Å²) < 4.78 is 0. The predicted octanol–water partition coefficient (Wildman–Crippen LogP) is 2.66. The van der Waals surface area contributed by atoms with Gasteiger partial charge in [-0.05, 0) is 23.8 Å². The molecule has 2 N–H and O–H groups in total. The molecular weight excluding hydrogens is 284 g/mol. The molecule has 4 nitrogen and oxygen atoms in total. The molecule has 106 valence electrons. The van der Waals surface area contributed by atoms with Crippen LogP contribution < -0.4 is 10.6 Å². The lowest BCUT2D eigenvalue weighted by atomic mass is 10.1. The van der Waals surface area contributed by atoms with E-state index in [9.17, 15) is 9.59 Å². The number of benzene rings is 2. The van der Waals surface area contributed by atoms with E-state index < -0.39 is 0 Å². The van der Waals surface area contributed by atoms with Crippen molar-refractivity contribution < 1.29 is 9.59 Å². The predicted molar refractivity (Wildman–Crippen MR) is 83.4 cm³/mol. The van der Waals surface area contributed by atoms with Crippen LogP contribution in [0.3, 0.4) is 0 Å². The van der Waals surface area contributed by atoms with Gasteiger partial charge in [-0.2, -0.15) is 0 Å². The van der Waals surface area contributed by atoms with Crippen molar-refractivity contribution in [1.29, 1.82) is 0 Å². The van der Waals surface area contributed by atoms with Crippen molar-refractivity contribution in [1.82, 2.24) is 5.32 Å². The summed E-state index contributed by atoms with van der Waals surface area (Å²) in [5.41, 5.74) is 2.31. The summed E-state index contributed by atoms with van der Waals surface area (Å²) in [6, 6.07) is 15.1. The lowest BCUT2D eigenvalue weighted by Gasteiger charge is -2.16. The first kappa shape index (κ1) is 13.7. The van der Waals surface area contributed by atoms with Crippen molar-refractivity contribution in [3.8, 4) is 0 Å². The molecular formula is C16H14N2O2S. The van der Waals surface area contributed by atoms with Gasteiger partial charge in [0.2, 0.25) is 5.91 Å². The van der Waals surface area contributed by atoms with Gasteiger partial charge in [0, 0.05) is 17.0 Å². The summed E-state index contributed by atoms with van der Waals surface area (Å²) in [5, 5.41) is 5.66. The van der Waals surface area contributed by atoms with E-state index in [2.05, 4.69) is 10.6 Å². The second kappa shape index (κ2) is 6.01. The molecule has 0 spiro atoms. The highest BCUT2D eigenvalue weighted by Crippen LogP contribution is 2.31. The molecule has 0 unspecified atom stereocenters. The molecule has 0 fully saturated rings. The topological polar surface area (TPSA) is 58.2 Å². The molecule has 0 atom stereocenters. The van der Waals surface area contributed by atoms with Crippen LogP contribution >= 0.6 is 11.8 Å². The van der Waals surface area contributed by atoms with Crippen molar-refractivity contribution in [3.63, 3.8) is 0 Å². The molecule has 0 saturated heterocycles. The zero-order valence-electron chi connectivity index (χ0n) is 11.3. The Morgan fingerprint density at radius 1 is 1.19 bits per heavy atom. The molecule has 0 bridgehead atoms. The van der Waals surface area contributed by atoms with Gasteiger partial charge in [-0.25, -0.2) is 0 Å². The molecule has 2 aromatic carbocycles. The Morgan fingerprint density at radius 2 is 2.00 bits per heavy atom. The number of carbonyl (C=O) groups is 2. The van der Waals surface area contributed by atoms with Gasteiger partial charge in [-0.15, -0.1) is 11.8 Å². The highest BCUT2D eigenvalue weighted by molar-refractivity contribution is 8.00. The van der Waals surface area contributed by atoms with Gasteiger partial charge < -0.3 is 10.6 Å². The Bertz CT molecular complexity index is 686. The van der Waals surface area contributed by atoms with Crippen LogP contribution in [0.15, 0.2) is 53.4 Å². The van der Waals surface area contributed by atoms with Crippen molar-refractivity contribution in [3.05, 3.63) is 59.7 Å². The van der Waals surface area contributed by atoms with Crippen LogP contribution in [-0.4, -0.2) is 17.6 Å². The lowest BCUT2D eigenvalue weighted by molar-refractivity contribution is -0.113. The van der Waals surface area contributed by atoms with Crippen LogP contribution in [0.25, 0.3) is 0 Å². The summed E-state index contributed by atoms with van der Waals surface area (Å²) in [6.07, 6.45) is 0. The number of nitrogens with one attached hydrogen (secondary N) is 2. The van der Waals surface area contributed by atoms with E-state index in [0.29, 0.717) is 23.5 Å². The van der Waals surface area contributed by atoms with Crippen LogP contribution in [0.5, 0.6) is 0 Å². The maximum absolute atomic E-state index is 12.2. The number of fused-ring (bicyclic) bond motifs is 1. The average molecular weight is 298 g/mol.